The predicted molar refractivity (Wildman–Crippen MR) is 71.1 cm³/mol. The van der Waals surface area contributed by atoms with Crippen LogP contribution in [0.2, 0.25) is 0 Å². The first-order valence-electron chi connectivity index (χ1n) is 6.63. The summed E-state index contributed by atoms with van der Waals surface area (Å²) in [6, 6.07) is 1.98. The Morgan fingerprint density at radius 3 is 3.00 bits per heavy atom. The first-order chi connectivity index (χ1) is 9.11. The smallest absolute Gasteiger partial charge is 0.224 e. The van der Waals surface area contributed by atoms with Gasteiger partial charge >= 0.3 is 0 Å². The summed E-state index contributed by atoms with van der Waals surface area (Å²) in [5, 5.41) is 10.5. The maximum Gasteiger partial charge on any atom is 0.224 e. The Hall–Kier alpha value is -1.84. The summed E-state index contributed by atoms with van der Waals surface area (Å²) in [6.07, 6.45) is 3.21. The number of hydrogen-bond acceptors (Lipinski definition) is 4. The van der Waals surface area contributed by atoms with Gasteiger partial charge in [-0.3, -0.25) is 4.79 Å². The van der Waals surface area contributed by atoms with Gasteiger partial charge in [-0.15, -0.1) is 0 Å². The molecule has 2 aliphatic carbocycles. The average molecular weight is 259 g/mol. The highest BCUT2D eigenvalue weighted by Gasteiger charge is 2.36. The first-order valence-corrected chi connectivity index (χ1v) is 6.63. The molecule has 1 saturated carbocycles. The number of methoxy groups -OCH3 is 1. The molecule has 1 fully saturated rings. The quantitative estimate of drug-likeness (QED) is 0.842. The van der Waals surface area contributed by atoms with Crippen LogP contribution in [-0.4, -0.2) is 23.0 Å². The van der Waals surface area contributed by atoms with Crippen molar-refractivity contribution >= 4 is 11.5 Å². The van der Waals surface area contributed by atoms with Gasteiger partial charge in [-0.05, 0) is 43.7 Å². The van der Waals surface area contributed by atoms with Crippen LogP contribution in [0, 0.1) is 12.8 Å². The summed E-state index contributed by atoms with van der Waals surface area (Å²) < 4.78 is 5.26. The van der Waals surface area contributed by atoms with Crippen molar-refractivity contribution in [1.29, 1.82) is 0 Å². The van der Waals surface area contributed by atoms with Crippen molar-refractivity contribution in [3.05, 3.63) is 28.5 Å². The number of Topliss-reactive ketones (excluding diaryl/α,β-unsaturated/α-hetero) is 1. The van der Waals surface area contributed by atoms with Crippen molar-refractivity contribution in [3.63, 3.8) is 0 Å². The van der Waals surface area contributed by atoms with Crippen LogP contribution in [0.1, 0.15) is 36.1 Å². The third kappa shape index (κ3) is 1.82. The van der Waals surface area contributed by atoms with Gasteiger partial charge in [0.1, 0.15) is 5.76 Å². The van der Waals surface area contributed by atoms with Gasteiger partial charge in [0.15, 0.2) is 5.78 Å². The predicted octanol–water partition coefficient (Wildman–Crippen LogP) is 2.59. The largest absolute Gasteiger partial charge is 0.507 e. The van der Waals surface area contributed by atoms with Gasteiger partial charge in [-0.2, -0.15) is 0 Å². The third-order valence-electron chi connectivity index (χ3n) is 4.01. The number of hydrogen-bond donors (Lipinski definition) is 1. The van der Waals surface area contributed by atoms with E-state index in [1.165, 1.54) is 7.11 Å². The molecule has 2 aliphatic rings. The van der Waals surface area contributed by atoms with E-state index in [0.29, 0.717) is 23.4 Å². The van der Waals surface area contributed by atoms with Gasteiger partial charge in [-0.1, -0.05) is 0 Å². The van der Waals surface area contributed by atoms with Crippen LogP contribution in [0.3, 0.4) is 0 Å². The van der Waals surface area contributed by atoms with Gasteiger partial charge in [0.2, 0.25) is 5.88 Å². The minimum atomic E-state index is 0.0713. The lowest BCUT2D eigenvalue weighted by Gasteiger charge is -2.31. The van der Waals surface area contributed by atoms with Gasteiger partial charge in [0, 0.05) is 17.7 Å². The topological polar surface area (TPSA) is 59.4 Å². The summed E-state index contributed by atoms with van der Waals surface area (Å²) >= 11 is 0. The number of rotatable bonds is 1. The molecule has 0 spiro atoms. The number of pyridine rings is 1. The number of aromatic nitrogens is 1. The standard InChI is InChI=1S/C15H17NO3/c1-8-6-10-7-9-4-3-5-11(17)12(9)14(18)13(10)15(16-8)19-2/h6,9,18H,3-5,7H2,1-2H3. The highest BCUT2D eigenvalue weighted by Crippen LogP contribution is 2.42. The Balaban J connectivity index is 2.23. The summed E-state index contributed by atoms with van der Waals surface area (Å²) in [6.45, 7) is 1.91. The molecule has 0 amide bonds. The second kappa shape index (κ2) is 4.37. The van der Waals surface area contributed by atoms with Crippen LogP contribution in [0.15, 0.2) is 11.6 Å². The Labute approximate surface area is 112 Å². The molecule has 1 N–H and O–H groups in total. The molecule has 1 aromatic heterocycles. The number of ether oxygens (including phenoxy) is 1. The van der Waals surface area contributed by atoms with E-state index in [2.05, 4.69) is 4.98 Å². The summed E-state index contributed by atoms with van der Waals surface area (Å²) in [5.74, 6) is 0.722. The zero-order chi connectivity index (χ0) is 13.6. The molecule has 19 heavy (non-hydrogen) atoms. The molecule has 0 saturated heterocycles. The lowest BCUT2D eigenvalue weighted by atomic mass is 9.74. The van der Waals surface area contributed by atoms with Gasteiger partial charge in [0.05, 0.1) is 12.7 Å². The molecule has 1 atom stereocenters. The minimum absolute atomic E-state index is 0.0713. The molecular formula is C15H17NO3. The molecule has 0 radical (unpaired) electrons. The number of fused-ring (bicyclic) bond motifs is 2. The van der Waals surface area contributed by atoms with Crippen LogP contribution in [0.4, 0.5) is 0 Å². The molecule has 1 aromatic rings. The molecule has 1 unspecified atom stereocenters. The molecule has 0 aromatic carbocycles. The zero-order valence-corrected chi connectivity index (χ0v) is 11.2. The lowest BCUT2D eigenvalue weighted by molar-refractivity contribution is -0.117. The van der Waals surface area contributed by atoms with Crippen LogP contribution in [0.5, 0.6) is 5.88 Å². The maximum absolute atomic E-state index is 12.0. The first kappa shape index (κ1) is 12.2. The Morgan fingerprint density at radius 1 is 1.47 bits per heavy atom. The zero-order valence-electron chi connectivity index (χ0n) is 11.2. The van der Waals surface area contributed by atoms with Crippen molar-refractivity contribution in [2.75, 3.05) is 7.11 Å². The third-order valence-corrected chi connectivity index (χ3v) is 4.01. The number of carbonyl (C=O) groups is 1. The van der Waals surface area contributed by atoms with E-state index in [-0.39, 0.29) is 17.5 Å². The fourth-order valence-electron chi connectivity index (χ4n) is 3.22. The van der Waals surface area contributed by atoms with Crippen molar-refractivity contribution in [2.45, 2.75) is 32.6 Å². The van der Waals surface area contributed by atoms with Crippen molar-refractivity contribution in [1.82, 2.24) is 4.98 Å². The molecule has 3 rings (SSSR count). The normalized spacial score (nSPS) is 22.0. The van der Waals surface area contributed by atoms with Crippen LogP contribution in [-0.2, 0) is 11.2 Å². The molecule has 100 valence electrons. The number of aliphatic hydroxyl groups excluding tert-OH is 1. The second-order valence-corrected chi connectivity index (χ2v) is 5.29. The number of aliphatic hydroxyl groups is 1. The Morgan fingerprint density at radius 2 is 2.26 bits per heavy atom. The van der Waals surface area contributed by atoms with Crippen molar-refractivity contribution in [2.24, 2.45) is 5.92 Å². The summed E-state index contributed by atoms with van der Waals surface area (Å²) in [5.41, 5.74) is 3.09. The number of nitrogens with zero attached hydrogens (tertiary/aromatic N) is 1. The van der Waals surface area contributed by atoms with Gasteiger partial charge in [0.25, 0.3) is 0 Å². The fraction of sp³-hybridized carbons (Fsp3) is 0.467. The van der Waals surface area contributed by atoms with Crippen molar-refractivity contribution in [3.8, 4) is 5.88 Å². The van der Waals surface area contributed by atoms with E-state index < -0.39 is 0 Å². The maximum atomic E-state index is 12.0. The SMILES string of the molecule is COc1nc(C)cc2c1C(O)=C1C(=O)CCCC1C2. The molecular weight excluding hydrogens is 242 g/mol. The van der Waals surface area contributed by atoms with Crippen LogP contribution in [0.25, 0.3) is 5.76 Å². The lowest BCUT2D eigenvalue weighted by Crippen LogP contribution is -2.26. The molecule has 0 aliphatic heterocycles. The number of ketones is 1. The van der Waals surface area contributed by atoms with Crippen LogP contribution >= 0.6 is 0 Å². The number of allylic oxidation sites excluding steroid dienone is 1. The molecule has 0 bridgehead atoms. The number of carbonyl (C=O) groups excluding carboxylic acids is 1. The fourth-order valence-corrected chi connectivity index (χ4v) is 3.22. The molecule has 1 heterocycles. The van der Waals surface area contributed by atoms with E-state index in [1.54, 1.807) is 0 Å². The van der Waals surface area contributed by atoms with E-state index in [4.69, 9.17) is 4.74 Å². The van der Waals surface area contributed by atoms with E-state index in [9.17, 15) is 9.90 Å². The molecule has 4 heteroatoms. The van der Waals surface area contributed by atoms with E-state index in [0.717, 1.165) is 30.5 Å². The second-order valence-electron chi connectivity index (χ2n) is 5.29. The minimum Gasteiger partial charge on any atom is -0.507 e. The van der Waals surface area contributed by atoms with Crippen molar-refractivity contribution < 1.29 is 14.6 Å². The van der Waals surface area contributed by atoms with Gasteiger partial charge < -0.3 is 9.84 Å². The Kier molecular flexibility index (Phi) is 2.81. The summed E-state index contributed by atoms with van der Waals surface area (Å²) in [4.78, 5) is 16.3. The summed E-state index contributed by atoms with van der Waals surface area (Å²) in [7, 11) is 1.54. The van der Waals surface area contributed by atoms with Gasteiger partial charge in [-0.25, -0.2) is 4.98 Å². The van der Waals surface area contributed by atoms with E-state index >= 15 is 0 Å². The monoisotopic (exact) mass is 259 g/mol. The van der Waals surface area contributed by atoms with Crippen LogP contribution < -0.4 is 4.74 Å². The molecule has 4 nitrogen and oxygen atoms in total. The highest BCUT2D eigenvalue weighted by molar-refractivity contribution is 6.03. The Bertz CT molecular complexity index is 589. The number of aryl methyl sites for hydroxylation is 1. The van der Waals surface area contributed by atoms with E-state index in [1.807, 2.05) is 13.0 Å². The average Bonchev–Trinajstić information content (AvgIpc) is 2.37. The highest BCUT2D eigenvalue weighted by atomic mass is 16.5.